The second kappa shape index (κ2) is 7.52. The first-order valence-corrected chi connectivity index (χ1v) is 13.8. The fourth-order valence-electron chi connectivity index (χ4n) is 4.83. The molecule has 152 valence electrons. The maximum absolute atomic E-state index is 2.47. The summed E-state index contributed by atoms with van der Waals surface area (Å²) in [6, 6.07) is 22.8. The molecular weight excluding hydrogens is 378 g/mol. The van der Waals surface area contributed by atoms with Crippen molar-refractivity contribution >= 4 is 29.2 Å². The summed E-state index contributed by atoms with van der Waals surface area (Å²) in [5, 5.41) is 5.68. The van der Waals surface area contributed by atoms with E-state index in [9.17, 15) is 0 Å². The normalized spacial score (nSPS) is 11.8. The fourth-order valence-corrected chi connectivity index (χ4v) is 7.74. The summed E-state index contributed by atoms with van der Waals surface area (Å²) < 4.78 is 2.28. The molecule has 3 aromatic carbocycles. The molecule has 0 aliphatic carbocycles. The zero-order valence-corrected chi connectivity index (χ0v) is 20.3. The molecule has 1 heterocycles. The Kier molecular flexibility index (Phi) is 5.15. The van der Waals surface area contributed by atoms with Gasteiger partial charge < -0.3 is 0 Å². The summed E-state index contributed by atoms with van der Waals surface area (Å²) in [4.78, 5) is 0. The summed E-state index contributed by atoms with van der Waals surface area (Å²) in [6.07, 6.45) is 2.21. The maximum atomic E-state index is 2.47. The van der Waals surface area contributed by atoms with E-state index in [4.69, 9.17) is 0 Å². The third-order valence-electron chi connectivity index (χ3n) is 6.72. The Balaban J connectivity index is 1.99. The minimum absolute atomic E-state index is 1.31. The third-order valence-corrected chi connectivity index (χ3v) is 10.4. The van der Waals surface area contributed by atoms with Crippen LogP contribution in [0.5, 0.6) is 0 Å². The number of fused-ring (bicyclic) bond motifs is 1. The van der Waals surface area contributed by atoms with Crippen LogP contribution < -0.4 is 14.9 Å². The fraction of sp³-hybridized carbons (Fsp3) is 0.250. The first-order valence-electron chi connectivity index (χ1n) is 10.8. The summed E-state index contributed by atoms with van der Waals surface area (Å²) in [6.45, 7) is 13.9. The molecule has 4 rings (SSSR count). The molecule has 4 aromatic rings. The van der Waals surface area contributed by atoms with Gasteiger partial charge >= 0.3 is 0 Å². The highest BCUT2D eigenvalue weighted by molar-refractivity contribution is 7.00. The molecule has 0 fully saturated rings. The smallest absolute Gasteiger partial charge is 0.200 e. The van der Waals surface area contributed by atoms with Crippen LogP contribution in [0, 0.1) is 27.7 Å². The molecule has 2 heteroatoms. The molecule has 1 nitrogen and oxygen atoms in total. The van der Waals surface area contributed by atoms with Crippen LogP contribution in [0.3, 0.4) is 0 Å². The molecule has 0 aliphatic rings. The Morgan fingerprint density at radius 3 is 2.17 bits per heavy atom. The van der Waals surface area contributed by atoms with Gasteiger partial charge in [0, 0.05) is 6.07 Å². The van der Waals surface area contributed by atoms with Crippen LogP contribution in [-0.4, -0.2) is 8.07 Å². The molecule has 30 heavy (non-hydrogen) atoms. The van der Waals surface area contributed by atoms with Crippen molar-refractivity contribution in [1.29, 1.82) is 0 Å². The molecule has 1 aromatic heterocycles. The second-order valence-electron chi connectivity index (χ2n) is 9.28. The van der Waals surface area contributed by atoms with Gasteiger partial charge in [0.25, 0.3) is 0 Å². The van der Waals surface area contributed by atoms with Gasteiger partial charge in [0.2, 0.25) is 5.69 Å². The number of aromatic nitrogens is 1. The number of hydrogen-bond acceptors (Lipinski definition) is 0. The zero-order chi connectivity index (χ0) is 21.6. The summed E-state index contributed by atoms with van der Waals surface area (Å²) >= 11 is 0. The maximum Gasteiger partial charge on any atom is 0.220 e. The lowest BCUT2D eigenvalue weighted by molar-refractivity contribution is -0.659. The van der Waals surface area contributed by atoms with Crippen LogP contribution in [-0.2, 0) is 7.05 Å². The van der Waals surface area contributed by atoms with Crippen molar-refractivity contribution in [2.75, 3.05) is 0 Å². The number of hydrogen-bond donors (Lipinski definition) is 0. The quantitative estimate of drug-likeness (QED) is 0.315. The molecule has 0 aliphatic heterocycles. The molecule has 0 saturated heterocycles. The van der Waals surface area contributed by atoms with E-state index < -0.39 is 8.07 Å². The Morgan fingerprint density at radius 2 is 1.47 bits per heavy atom. The summed E-state index contributed by atoms with van der Waals surface area (Å²) in [5.41, 5.74) is 8.09. The molecule has 0 N–H and O–H groups in total. The van der Waals surface area contributed by atoms with Crippen LogP contribution in [0.4, 0.5) is 0 Å². The van der Waals surface area contributed by atoms with Crippen LogP contribution in [0.15, 0.2) is 66.9 Å². The van der Waals surface area contributed by atoms with E-state index >= 15 is 0 Å². The zero-order valence-electron chi connectivity index (χ0n) is 19.3. The highest BCUT2D eigenvalue weighted by Crippen LogP contribution is 2.31. The second-order valence-corrected chi connectivity index (χ2v) is 13.6. The predicted octanol–water partition coefficient (Wildman–Crippen LogP) is 5.39. The van der Waals surface area contributed by atoms with Crippen molar-refractivity contribution in [2.24, 2.45) is 7.05 Å². The number of rotatable bonds is 3. The number of benzene rings is 3. The largest absolute Gasteiger partial charge is 0.220 e. The predicted molar refractivity (Wildman–Crippen MR) is 133 cm³/mol. The van der Waals surface area contributed by atoms with Crippen molar-refractivity contribution in [2.45, 2.75) is 40.8 Å². The molecular formula is C28H32NSi+. The van der Waals surface area contributed by atoms with E-state index in [1.165, 1.54) is 54.7 Å². The van der Waals surface area contributed by atoms with E-state index in [0.29, 0.717) is 0 Å². The van der Waals surface area contributed by atoms with Gasteiger partial charge in [-0.25, -0.2) is 4.57 Å². The average molecular weight is 411 g/mol. The van der Waals surface area contributed by atoms with Crippen molar-refractivity contribution in [3.63, 3.8) is 0 Å². The molecule has 0 amide bonds. The molecule has 0 unspecified atom stereocenters. The van der Waals surface area contributed by atoms with E-state index in [-0.39, 0.29) is 0 Å². The first kappa shape index (κ1) is 20.6. The first-order chi connectivity index (χ1) is 14.2. The third kappa shape index (κ3) is 3.39. The van der Waals surface area contributed by atoms with Crippen molar-refractivity contribution in [1.82, 2.24) is 0 Å². The molecule has 0 radical (unpaired) electrons. The van der Waals surface area contributed by atoms with Crippen LogP contribution in [0.25, 0.3) is 22.0 Å². The lowest BCUT2D eigenvalue weighted by Gasteiger charge is -2.26. The lowest BCUT2D eigenvalue weighted by Crippen LogP contribution is -2.53. The molecule has 0 saturated carbocycles. The van der Waals surface area contributed by atoms with Crippen LogP contribution >= 0.6 is 0 Å². The lowest BCUT2D eigenvalue weighted by atomic mass is 9.94. The van der Waals surface area contributed by atoms with Crippen molar-refractivity contribution in [3.8, 4) is 11.3 Å². The van der Waals surface area contributed by atoms with Crippen molar-refractivity contribution in [3.05, 3.63) is 89.1 Å². The summed E-state index contributed by atoms with van der Waals surface area (Å²) in [7, 11) is 0.401. The van der Waals surface area contributed by atoms with E-state index in [2.05, 4.69) is 119 Å². The molecule has 0 spiro atoms. The van der Waals surface area contributed by atoms with E-state index in [0.717, 1.165) is 0 Å². The SMILES string of the molecule is Cc1cc(C)c(C)c(-c2c3cc(C)c([Si](C)(C)c4ccccc4)cc3cc[n+]2C)c1. The number of aryl methyl sites for hydroxylation is 4. The Morgan fingerprint density at radius 1 is 0.767 bits per heavy atom. The monoisotopic (exact) mass is 410 g/mol. The van der Waals surface area contributed by atoms with Gasteiger partial charge in [-0.3, -0.25) is 0 Å². The summed E-state index contributed by atoms with van der Waals surface area (Å²) in [5.74, 6) is 0. The van der Waals surface area contributed by atoms with Crippen LogP contribution in [0.2, 0.25) is 13.1 Å². The van der Waals surface area contributed by atoms with Gasteiger partial charge in [-0.1, -0.05) is 77.1 Å². The van der Waals surface area contributed by atoms with Crippen LogP contribution in [0.1, 0.15) is 22.3 Å². The minimum atomic E-state index is -1.76. The number of pyridine rings is 1. The van der Waals surface area contributed by atoms with Gasteiger partial charge in [-0.15, -0.1) is 0 Å². The Bertz CT molecular complexity index is 1250. The topological polar surface area (TPSA) is 3.88 Å². The number of nitrogens with zero attached hydrogens (tertiary/aromatic N) is 1. The van der Waals surface area contributed by atoms with Crippen molar-refractivity contribution < 1.29 is 4.57 Å². The van der Waals surface area contributed by atoms with E-state index in [1.807, 2.05) is 0 Å². The van der Waals surface area contributed by atoms with Gasteiger partial charge in [-0.2, -0.15) is 0 Å². The average Bonchev–Trinajstić information content (AvgIpc) is 2.71. The Hall–Kier alpha value is -2.71. The van der Waals surface area contributed by atoms with Gasteiger partial charge in [0.1, 0.15) is 15.1 Å². The highest BCUT2D eigenvalue weighted by atomic mass is 28.3. The highest BCUT2D eigenvalue weighted by Gasteiger charge is 2.29. The van der Waals surface area contributed by atoms with E-state index in [1.54, 1.807) is 0 Å². The molecule has 0 atom stereocenters. The minimum Gasteiger partial charge on any atom is -0.200 e. The standard InChI is InChI=1S/C28H32NSi/c1-19-15-20(2)22(4)25(16-19)28-26-17-21(3)27(18-23(26)13-14-29(28)5)30(6,7)24-11-9-8-10-12-24/h8-18H,1-7H3/q+1. The van der Waals surface area contributed by atoms with Gasteiger partial charge in [-0.05, 0) is 56.3 Å². The Labute approximate surface area is 182 Å². The van der Waals surface area contributed by atoms with Gasteiger partial charge in [0.05, 0.1) is 10.9 Å². The van der Waals surface area contributed by atoms with Gasteiger partial charge in [0.15, 0.2) is 6.20 Å². The molecule has 0 bridgehead atoms.